The molecule has 2 heteroatoms. The number of benzene rings is 1. The maximum atomic E-state index is 6.73. The lowest BCUT2D eigenvalue weighted by atomic mass is 9.80. The molecular formula is C16H25NO. The van der Waals surface area contributed by atoms with E-state index in [4.69, 9.17) is 10.5 Å². The molecule has 1 aliphatic rings. The normalized spacial score (nSPS) is 19.3. The van der Waals surface area contributed by atoms with Crippen molar-refractivity contribution in [2.45, 2.75) is 57.9 Å². The zero-order valence-electron chi connectivity index (χ0n) is 11.9. The molecule has 0 radical (unpaired) electrons. The molecule has 1 aromatic rings. The summed E-state index contributed by atoms with van der Waals surface area (Å²) in [4.78, 5) is 0. The van der Waals surface area contributed by atoms with Crippen LogP contribution in [0.2, 0.25) is 0 Å². The molecule has 0 amide bonds. The van der Waals surface area contributed by atoms with Gasteiger partial charge in [0.25, 0.3) is 0 Å². The second-order valence-electron chi connectivity index (χ2n) is 5.73. The van der Waals surface area contributed by atoms with Gasteiger partial charge in [-0.05, 0) is 43.9 Å². The number of methoxy groups -OCH3 is 1. The largest absolute Gasteiger partial charge is 0.496 e. The highest BCUT2D eigenvalue weighted by Gasteiger charge is 2.32. The maximum Gasteiger partial charge on any atom is 0.124 e. The molecule has 1 saturated carbocycles. The summed E-state index contributed by atoms with van der Waals surface area (Å²) in [5.74, 6) is 0.969. The van der Waals surface area contributed by atoms with Crippen molar-refractivity contribution in [3.05, 3.63) is 28.8 Å². The molecule has 0 aliphatic heterocycles. The molecule has 2 rings (SSSR count). The molecule has 0 unspecified atom stereocenters. The molecule has 2 nitrogen and oxygen atoms in total. The standard InChI is InChI=1S/C16H25NO/c1-12-10-13(2)15(14(11-12)18-3)16(17)8-6-4-5-7-9-16/h10-11H,4-9,17H2,1-3H3. The SMILES string of the molecule is COc1cc(C)cc(C)c1C1(N)CCCCCC1. The van der Waals surface area contributed by atoms with Crippen LogP contribution in [0, 0.1) is 13.8 Å². The number of hydrogen-bond acceptors (Lipinski definition) is 2. The Labute approximate surface area is 111 Å². The number of nitrogens with two attached hydrogens (primary N) is 1. The maximum absolute atomic E-state index is 6.73. The van der Waals surface area contributed by atoms with Crippen molar-refractivity contribution >= 4 is 0 Å². The van der Waals surface area contributed by atoms with Gasteiger partial charge in [0, 0.05) is 11.1 Å². The van der Waals surface area contributed by atoms with Gasteiger partial charge >= 0.3 is 0 Å². The van der Waals surface area contributed by atoms with Gasteiger partial charge in [-0.25, -0.2) is 0 Å². The Hall–Kier alpha value is -1.02. The molecule has 0 atom stereocenters. The van der Waals surface area contributed by atoms with E-state index in [1.165, 1.54) is 42.4 Å². The first-order valence-corrected chi connectivity index (χ1v) is 7.01. The van der Waals surface area contributed by atoms with Gasteiger partial charge < -0.3 is 10.5 Å². The Kier molecular flexibility index (Phi) is 3.96. The number of hydrogen-bond donors (Lipinski definition) is 1. The summed E-state index contributed by atoms with van der Waals surface area (Å²) in [5.41, 5.74) is 10.3. The summed E-state index contributed by atoms with van der Waals surface area (Å²) < 4.78 is 5.59. The summed E-state index contributed by atoms with van der Waals surface area (Å²) in [6.07, 6.45) is 7.23. The third-order valence-corrected chi connectivity index (χ3v) is 4.16. The molecule has 2 N–H and O–H groups in total. The van der Waals surface area contributed by atoms with Crippen LogP contribution in [0.25, 0.3) is 0 Å². The van der Waals surface area contributed by atoms with Crippen molar-refractivity contribution in [1.82, 2.24) is 0 Å². The molecule has 18 heavy (non-hydrogen) atoms. The fourth-order valence-corrected chi connectivity index (χ4v) is 3.34. The first-order valence-electron chi connectivity index (χ1n) is 7.01. The quantitative estimate of drug-likeness (QED) is 0.806. The predicted molar refractivity (Wildman–Crippen MR) is 76.0 cm³/mol. The highest BCUT2D eigenvalue weighted by Crippen LogP contribution is 2.40. The number of ether oxygens (including phenoxy) is 1. The van der Waals surface area contributed by atoms with Crippen molar-refractivity contribution in [2.75, 3.05) is 7.11 Å². The summed E-state index contributed by atoms with van der Waals surface area (Å²) in [7, 11) is 1.75. The van der Waals surface area contributed by atoms with Crippen molar-refractivity contribution in [2.24, 2.45) is 5.73 Å². The van der Waals surface area contributed by atoms with Crippen LogP contribution in [-0.4, -0.2) is 7.11 Å². The van der Waals surface area contributed by atoms with Crippen LogP contribution in [0.1, 0.15) is 55.2 Å². The van der Waals surface area contributed by atoms with E-state index in [0.717, 1.165) is 18.6 Å². The predicted octanol–water partition coefficient (Wildman–Crippen LogP) is 3.82. The van der Waals surface area contributed by atoms with Crippen molar-refractivity contribution in [3.8, 4) is 5.75 Å². The molecule has 0 aromatic heterocycles. The average molecular weight is 247 g/mol. The van der Waals surface area contributed by atoms with Crippen LogP contribution in [0.15, 0.2) is 12.1 Å². The van der Waals surface area contributed by atoms with E-state index in [-0.39, 0.29) is 5.54 Å². The summed E-state index contributed by atoms with van der Waals surface area (Å²) >= 11 is 0. The number of aryl methyl sites for hydroxylation is 2. The van der Waals surface area contributed by atoms with Crippen LogP contribution in [0.4, 0.5) is 0 Å². The van der Waals surface area contributed by atoms with E-state index in [9.17, 15) is 0 Å². The average Bonchev–Trinajstić information content (AvgIpc) is 2.53. The third-order valence-electron chi connectivity index (χ3n) is 4.16. The Morgan fingerprint density at radius 2 is 1.67 bits per heavy atom. The Morgan fingerprint density at radius 3 is 2.22 bits per heavy atom. The van der Waals surface area contributed by atoms with Gasteiger partial charge in [0.1, 0.15) is 5.75 Å². The highest BCUT2D eigenvalue weighted by atomic mass is 16.5. The van der Waals surface area contributed by atoms with E-state index in [1.54, 1.807) is 7.11 Å². The molecule has 0 saturated heterocycles. The Morgan fingerprint density at radius 1 is 1.06 bits per heavy atom. The van der Waals surface area contributed by atoms with Crippen molar-refractivity contribution in [3.63, 3.8) is 0 Å². The summed E-state index contributed by atoms with van der Waals surface area (Å²) in [5, 5.41) is 0. The number of rotatable bonds is 2. The van der Waals surface area contributed by atoms with Crippen LogP contribution in [0.5, 0.6) is 5.75 Å². The van der Waals surface area contributed by atoms with Gasteiger partial charge in [0.2, 0.25) is 0 Å². The van der Waals surface area contributed by atoms with Crippen LogP contribution in [-0.2, 0) is 5.54 Å². The van der Waals surface area contributed by atoms with E-state index >= 15 is 0 Å². The molecule has 100 valence electrons. The van der Waals surface area contributed by atoms with E-state index in [1.807, 2.05) is 0 Å². The van der Waals surface area contributed by atoms with Crippen molar-refractivity contribution in [1.29, 1.82) is 0 Å². The first kappa shape index (κ1) is 13.4. The lowest BCUT2D eigenvalue weighted by Gasteiger charge is -2.32. The minimum Gasteiger partial charge on any atom is -0.496 e. The third kappa shape index (κ3) is 2.54. The molecular weight excluding hydrogens is 222 g/mol. The van der Waals surface area contributed by atoms with Crippen LogP contribution in [0.3, 0.4) is 0 Å². The van der Waals surface area contributed by atoms with Crippen molar-refractivity contribution < 1.29 is 4.74 Å². The Balaban J connectivity index is 2.47. The molecule has 0 bridgehead atoms. The zero-order valence-corrected chi connectivity index (χ0v) is 11.9. The monoisotopic (exact) mass is 247 g/mol. The second-order valence-corrected chi connectivity index (χ2v) is 5.73. The van der Waals surface area contributed by atoms with Gasteiger partial charge in [0.05, 0.1) is 7.11 Å². The fourth-order valence-electron chi connectivity index (χ4n) is 3.34. The topological polar surface area (TPSA) is 35.2 Å². The lowest BCUT2D eigenvalue weighted by Crippen LogP contribution is -2.37. The Bertz CT molecular complexity index is 417. The molecule has 1 aromatic carbocycles. The van der Waals surface area contributed by atoms with E-state index < -0.39 is 0 Å². The molecule has 0 heterocycles. The van der Waals surface area contributed by atoms with E-state index in [0.29, 0.717) is 0 Å². The van der Waals surface area contributed by atoms with Gasteiger partial charge in [0.15, 0.2) is 0 Å². The molecule has 0 spiro atoms. The molecule has 1 aliphatic carbocycles. The van der Waals surface area contributed by atoms with Gasteiger partial charge in [-0.1, -0.05) is 31.7 Å². The minimum absolute atomic E-state index is 0.195. The van der Waals surface area contributed by atoms with Crippen LogP contribution >= 0.6 is 0 Å². The van der Waals surface area contributed by atoms with Crippen LogP contribution < -0.4 is 10.5 Å². The van der Waals surface area contributed by atoms with Gasteiger partial charge in [-0.15, -0.1) is 0 Å². The first-order chi connectivity index (χ1) is 8.57. The molecule has 1 fully saturated rings. The van der Waals surface area contributed by atoms with E-state index in [2.05, 4.69) is 26.0 Å². The highest BCUT2D eigenvalue weighted by molar-refractivity contribution is 5.47. The fraction of sp³-hybridized carbons (Fsp3) is 0.625. The smallest absolute Gasteiger partial charge is 0.124 e. The van der Waals surface area contributed by atoms with Gasteiger partial charge in [-0.3, -0.25) is 0 Å². The van der Waals surface area contributed by atoms with Gasteiger partial charge in [-0.2, -0.15) is 0 Å². The zero-order chi connectivity index (χ0) is 13.2. The summed E-state index contributed by atoms with van der Waals surface area (Å²) in [6.45, 7) is 4.26. The summed E-state index contributed by atoms with van der Waals surface area (Å²) in [6, 6.07) is 4.33. The lowest BCUT2D eigenvalue weighted by molar-refractivity contribution is 0.347. The minimum atomic E-state index is -0.195. The second kappa shape index (κ2) is 5.31.